The molecule has 30 heavy (non-hydrogen) atoms. The maximum Gasteiger partial charge on any atom is 0.260 e. The molecule has 2 N–H and O–H groups in total. The van der Waals surface area contributed by atoms with E-state index in [1.807, 2.05) is 6.08 Å². The third-order valence-electron chi connectivity index (χ3n) is 5.40. The molecule has 0 spiro atoms. The molecule has 0 saturated carbocycles. The third kappa shape index (κ3) is 3.87. The average molecular weight is 422 g/mol. The first-order valence-electron chi connectivity index (χ1n) is 9.80. The Morgan fingerprint density at radius 3 is 2.57 bits per heavy atom. The summed E-state index contributed by atoms with van der Waals surface area (Å²) in [5.41, 5.74) is 6.74. The predicted molar refractivity (Wildman–Crippen MR) is 122 cm³/mol. The van der Waals surface area contributed by atoms with Crippen LogP contribution in [0.2, 0.25) is 0 Å². The normalized spacial score (nSPS) is 17.4. The van der Waals surface area contributed by atoms with E-state index in [0.29, 0.717) is 10.6 Å². The quantitative estimate of drug-likeness (QED) is 0.551. The van der Waals surface area contributed by atoms with Crippen molar-refractivity contribution in [2.24, 2.45) is 0 Å². The van der Waals surface area contributed by atoms with Gasteiger partial charge in [0.15, 0.2) is 5.50 Å². The molecule has 0 bridgehead atoms. The van der Waals surface area contributed by atoms with Crippen LogP contribution in [0.25, 0.3) is 11.8 Å². The first-order valence-corrected chi connectivity index (χ1v) is 10.7. The number of anilines is 1. The van der Waals surface area contributed by atoms with E-state index in [0.717, 1.165) is 22.6 Å². The number of halogens is 1. The second kappa shape index (κ2) is 8.03. The lowest BCUT2D eigenvalue weighted by Crippen LogP contribution is -2.31. The molecule has 1 aliphatic rings. The van der Waals surface area contributed by atoms with Gasteiger partial charge in [-0.2, -0.15) is 0 Å². The highest BCUT2D eigenvalue weighted by atomic mass is 32.2. The second-order valence-electron chi connectivity index (χ2n) is 7.53. The summed E-state index contributed by atoms with van der Waals surface area (Å²) in [5, 5.41) is 5.89. The minimum atomic E-state index is -0.413. The number of carbonyl (C=O) groups excluding carboxylic acids is 1. The second-order valence-corrected chi connectivity index (χ2v) is 8.68. The first kappa shape index (κ1) is 20.3. The van der Waals surface area contributed by atoms with Crippen molar-refractivity contribution in [2.75, 3.05) is 5.32 Å². The van der Waals surface area contributed by atoms with E-state index < -0.39 is 5.50 Å². The van der Waals surface area contributed by atoms with Crippen LogP contribution in [0.3, 0.4) is 0 Å². The van der Waals surface area contributed by atoms with Crippen molar-refractivity contribution < 1.29 is 9.18 Å². The Hall–Kier alpha value is -2.99. The molecule has 1 aliphatic heterocycles. The van der Waals surface area contributed by atoms with Crippen molar-refractivity contribution in [3.63, 3.8) is 0 Å². The highest BCUT2D eigenvalue weighted by molar-refractivity contribution is 8.05. The summed E-state index contributed by atoms with van der Waals surface area (Å²) in [7, 11) is 0. The number of carbonyl (C=O) groups is 1. The van der Waals surface area contributed by atoms with Crippen LogP contribution in [0.1, 0.15) is 28.1 Å². The fourth-order valence-electron chi connectivity index (χ4n) is 3.62. The smallest absolute Gasteiger partial charge is 0.260 e. The van der Waals surface area contributed by atoms with Crippen molar-refractivity contribution in [1.29, 1.82) is 0 Å². The third-order valence-corrected chi connectivity index (χ3v) is 6.43. The van der Waals surface area contributed by atoms with Gasteiger partial charge in [0.2, 0.25) is 0 Å². The van der Waals surface area contributed by atoms with Crippen LogP contribution >= 0.6 is 11.8 Å². The zero-order chi connectivity index (χ0) is 21.4. The number of para-hydroxylation sites is 1. The largest absolute Gasteiger partial charge is 0.354 e. The molecule has 0 aliphatic carbocycles. The highest BCUT2D eigenvalue weighted by Crippen LogP contribution is 2.32. The first-order chi connectivity index (χ1) is 14.3. The molecule has 154 valence electrons. The number of rotatable bonds is 4. The van der Waals surface area contributed by atoms with Crippen molar-refractivity contribution >= 4 is 29.4 Å². The summed E-state index contributed by atoms with van der Waals surface area (Å²) in [6, 6.07) is 14.9. The number of nitrogens with one attached hydrogen (secondary N) is 2. The molecule has 1 amide bonds. The van der Waals surface area contributed by atoms with Gasteiger partial charge in [-0.3, -0.25) is 4.79 Å². The van der Waals surface area contributed by atoms with Crippen LogP contribution in [0.4, 0.5) is 10.1 Å². The van der Waals surface area contributed by atoms with Gasteiger partial charge in [-0.25, -0.2) is 4.39 Å². The Morgan fingerprint density at radius 2 is 1.83 bits per heavy atom. The predicted octanol–water partition coefficient (Wildman–Crippen LogP) is 5.45. The van der Waals surface area contributed by atoms with Gasteiger partial charge in [-0.1, -0.05) is 30.0 Å². The molecule has 1 unspecified atom stereocenters. The fourth-order valence-corrected chi connectivity index (χ4v) is 4.59. The zero-order valence-corrected chi connectivity index (χ0v) is 18.2. The minimum Gasteiger partial charge on any atom is -0.354 e. The lowest BCUT2D eigenvalue weighted by molar-refractivity contribution is -0.116. The lowest BCUT2D eigenvalue weighted by Gasteiger charge is -2.13. The summed E-state index contributed by atoms with van der Waals surface area (Å²) in [6.45, 7) is 8.33. The van der Waals surface area contributed by atoms with Crippen LogP contribution in [0.5, 0.6) is 0 Å². The van der Waals surface area contributed by atoms with E-state index in [-0.39, 0.29) is 11.7 Å². The molecule has 3 aromatic rings. The summed E-state index contributed by atoms with van der Waals surface area (Å²) in [5.74, 6) is -0.508. The van der Waals surface area contributed by atoms with Crippen molar-refractivity contribution in [1.82, 2.24) is 9.88 Å². The van der Waals surface area contributed by atoms with Crippen molar-refractivity contribution in [3.8, 4) is 5.69 Å². The van der Waals surface area contributed by atoms with E-state index in [2.05, 4.69) is 67.2 Å². The van der Waals surface area contributed by atoms with Crippen molar-refractivity contribution in [2.45, 2.75) is 33.2 Å². The van der Waals surface area contributed by atoms with Gasteiger partial charge in [-0.05, 0) is 80.8 Å². The maximum absolute atomic E-state index is 13.9. The summed E-state index contributed by atoms with van der Waals surface area (Å²) < 4.78 is 16.1. The molecule has 1 fully saturated rings. The number of hydrogen-bond donors (Lipinski definition) is 2. The number of benzene rings is 2. The molecule has 4 rings (SSSR count). The van der Waals surface area contributed by atoms with Gasteiger partial charge in [0.05, 0.1) is 10.6 Å². The van der Waals surface area contributed by atoms with Gasteiger partial charge in [0.25, 0.3) is 5.91 Å². The van der Waals surface area contributed by atoms with E-state index in [1.165, 1.54) is 29.0 Å². The van der Waals surface area contributed by atoms with Gasteiger partial charge in [0.1, 0.15) is 5.82 Å². The Balaban J connectivity index is 1.60. The van der Waals surface area contributed by atoms with Crippen LogP contribution in [-0.4, -0.2) is 16.0 Å². The average Bonchev–Trinajstić information content (AvgIpc) is 3.18. The lowest BCUT2D eigenvalue weighted by atomic mass is 10.1. The van der Waals surface area contributed by atoms with Gasteiger partial charge < -0.3 is 15.2 Å². The van der Waals surface area contributed by atoms with Gasteiger partial charge >= 0.3 is 0 Å². The van der Waals surface area contributed by atoms with E-state index in [4.69, 9.17) is 0 Å². The Morgan fingerprint density at radius 1 is 1.07 bits per heavy atom. The number of aryl methyl sites for hydroxylation is 3. The molecule has 1 aromatic heterocycles. The van der Waals surface area contributed by atoms with E-state index >= 15 is 0 Å². The number of thioether (sulfide) groups is 1. The SMILES string of the molecule is Cc1ccc(-n2c(C)cc(/C=C3\SC(Nc4ccccc4F)NC3=O)c2C)cc1C. The van der Waals surface area contributed by atoms with Crippen LogP contribution in [-0.2, 0) is 4.79 Å². The van der Waals surface area contributed by atoms with Crippen LogP contribution < -0.4 is 10.6 Å². The monoisotopic (exact) mass is 421 g/mol. The van der Waals surface area contributed by atoms with Crippen LogP contribution in [0.15, 0.2) is 53.4 Å². The Labute approximate surface area is 180 Å². The number of aromatic nitrogens is 1. The molecular weight excluding hydrogens is 397 g/mol. The van der Waals surface area contributed by atoms with Crippen LogP contribution in [0, 0.1) is 33.5 Å². The minimum absolute atomic E-state index is 0.162. The molecular formula is C24H24FN3OS. The summed E-state index contributed by atoms with van der Waals surface area (Å²) >= 11 is 1.35. The molecule has 2 heterocycles. The summed E-state index contributed by atoms with van der Waals surface area (Å²) in [4.78, 5) is 13.1. The number of nitrogens with zero attached hydrogens (tertiary/aromatic N) is 1. The van der Waals surface area contributed by atoms with E-state index in [9.17, 15) is 9.18 Å². The Bertz CT molecular complexity index is 1170. The fraction of sp³-hybridized carbons (Fsp3) is 0.208. The standard InChI is InChI=1S/C24H24FN3OS/c1-14-9-10-19(11-15(14)2)28-16(3)12-18(17(28)4)13-22-23(29)27-24(30-22)26-21-8-6-5-7-20(21)25/h5-13,24,26H,1-4H3,(H,27,29)/b22-13-. The summed E-state index contributed by atoms with van der Waals surface area (Å²) in [6.07, 6.45) is 1.91. The topological polar surface area (TPSA) is 46.1 Å². The molecule has 1 atom stereocenters. The molecule has 4 nitrogen and oxygen atoms in total. The molecule has 1 saturated heterocycles. The molecule has 6 heteroatoms. The Kier molecular flexibility index (Phi) is 5.43. The van der Waals surface area contributed by atoms with Crippen molar-refractivity contribution in [3.05, 3.63) is 87.3 Å². The maximum atomic E-state index is 13.9. The number of amides is 1. The zero-order valence-electron chi connectivity index (χ0n) is 17.4. The van der Waals surface area contributed by atoms with Gasteiger partial charge in [-0.15, -0.1) is 0 Å². The number of hydrogen-bond acceptors (Lipinski definition) is 3. The van der Waals surface area contributed by atoms with Gasteiger partial charge in [0, 0.05) is 17.1 Å². The molecule has 2 aromatic carbocycles. The highest BCUT2D eigenvalue weighted by Gasteiger charge is 2.28. The molecule has 0 radical (unpaired) electrons. The van der Waals surface area contributed by atoms with E-state index in [1.54, 1.807) is 18.2 Å².